The first-order valence-corrected chi connectivity index (χ1v) is 10.0. The number of hydrogen-bond donors (Lipinski definition) is 2. The summed E-state index contributed by atoms with van der Waals surface area (Å²) in [7, 11) is 3.63. The van der Waals surface area contributed by atoms with E-state index in [0.29, 0.717) is 12.5 Å². The Morgan fingerprint density at radius 2 is 2.04 bits per heavy atom. The molecule has 0 bridgehead atoms. The van der Waals surface area contributed by atoms with Crippen molar-refractivity contribution < 1.29 is 0 Å². The standard InChI is InChI=1S/C16H29N9S.HI/c1-12(2)10-25-13(22-23-16(25)26-5)7-6-8-18-15(17-3)19-9-14-20-11-21-24(14)4;/h11-12H,6-10H2,1-5H3,(H2,17,18,19);1H. The van der Waals surface area contributed by atoms with Crippen LogP contribution in [-0.4, -0.2) is 55.3 Å². The Kier molecular flexibility index (Phi) is 10.7. The lowest BCUT2D eigenvalue weighted by Gasteiger charge is -2.13. The molecule has 0 aromatic carbocycles. The second kappa shape index (κ2) is 12.2. The monoisotopic (exact) mass is 507 g/mol. The molecule has 2 N–H and O–H groups in total. The molecule has 0 unspecified atom stereocenters. The molecule has 0 atom stereocenters. The van der Waals surface area contributed by atoms with Crippen LogP contribution >= 0.6 is 35.7 Å². The zero-order valence-corrected chi connectivity index (χ0v) is 19.8. The van der Waals surface area contributed by atoms with Gasteiger partial charge in [-0.15, -0.1) is 34.2 Å². The van der Waals surface area contributed by atoms with Crippen LogP contribution in [0.5, 0.6) is 0 Å². The van der Waals surface area contributed by atoms with E-state index in [1.807, 2.05) is 13.3 Å². The molecule has 0 aliphatic carbocycles. The van der Waals surface area contributed by atoms with Gasteiger partial charge in [-0.2, -0.15) is 5.10 Å². The van der Waals surface area contributed by atoms with Gasteiger partial charge < -0.3 is 15.2 Å². The number of aryl methyl sites for hydroxylation is 2. The molecule has 0 fully saturated rings. The van der Waals surface area contributed by atoms with Crippen LogP contribution in [0.2, 0.25) is 0 Å². The van der Waals surface area contributed by atoms with Crippen LogP contribution in [0.25, 0.3) is 0 Å². The van der Waals surface area contributed by atoms with Gasteiger partial charge in [0.2, 0.25) is 0 Å². The van der Waals surface area contributed by atoms with Crippen LogP contribution in [0, 0.1) is 5.92 Å². The Hall–Kier alpha value is -1.37. The van der Waals surface area contributed by atoms with Crippen LogP contribution in [0.1, 0.15) is 31.9 Å². The minimum absolute atomic E-state index is 0. The van der Waals surface area contributed by atoms with Gasteiger partial charge in [0.25, 0.3) is 0 Å². The summed E-state index contributed by atoms with van der Waals surface area (Å²) in [6.45, 7) is 6.76. The van der Waals surface area contributed by atoms with Crippen molar-refractivity contribution in [2.24, 2.45) is 18.0 Å². The van der Waals surface area contributed by atoms with Gasteiger partial charge in [0.15, 0.2) is 11.1 Å². The van der Waals surface area contributed by atoms with Gasteiger partial charge in [-0.05, 0) is 18.6 Å². The summed E-state index contributed by atoms with van der Waals surface area (Å²) in [4.78, 5) is 8.42. The van der Waals surface area contributed by atoms with Crippen LogP contribution < -0.4 is 10.6 Å². The van der Waals surface area contributed by atoms with E-state index in [0.717, 1.165) is 48.7 Å². The molecule has 11 heteroatoms. The quantitative estimate of drug-likeness (QED) is 0.175. The molecule has 0 aliphatic heterocycles. The fourth-order valence-electron chi connectivity index (χ4n) is 2.52. The lowest BCUT2D eigenvalue weighted by Crippen LogP contribution is -2.38. The molecule has 2 aromatic heterocycles. The number of nitrogens with zero attached hydrogens (tertiary/aromatic N) is 7. The Balaban J connectivity index is 0.00000364. The number of nitrogens with one attached hydrogen (secondary N) is 2. The first-order valence-electron chi connectivity index (χ1n) is 8.78. The van der Waals surface area contributed by atoms with E-state index in [1.54, 1.807) is 29.8 Å². The first-order chi connectivity index (χ1) is 12.5. The third-order valence-electron chi connectivity index (χ3n) is 3.84. The summed E-state index contributed by atoms with van der Waals surface area (Å²) < 4.78 is 3.97. The molecule has 0 saturated heterocycles. The molecule has 2 rings (SSSR count). The lowest BCUT2D eigenvalue weighted by atomic mass is 10.2. The number of aliphatic imine (C=N–C) groups is 1. The normalized spacial score (nSPS) is 11.6. The summed E-state index contributed by atoms with van der Waals surface area (Å²) in [5, 5.41) is 20.3. The maximum absolute atomic E-state index is 4.36. The Bertz CT molecular complexity index is 711. The molecular formula is C16H30IN9S. The molecule has 0 aliphatic rings. The Labute approximate surface area is 182 Å². The van der Waals surface area contributed by atoms with Crippen molar-refractivity contribution in [2.75, 3.05) is 19.8 Å². The van der Waals surface area contributed by atoms with Crippen molar-refractivity contribution in [2.45, 2.75) is 44.9 Å². The molecule has 27 heavy (non-hydrogen) atoms. The number of thioether (sulfide) groups is 1. The SMILES string of the molecule is CN=C(NCCCc1nnc(SC)n1CC(C)C)NCc1ncnn1C.I. The van der Waals surface area contributed by atoms with Gasteiger partial charge in [0.05, 0.1) is 6.54 Å². The number of hydrogen-bond acceptors (Lipinski definition) is 6. The van der Waals surface area contributed by atoms with Gasteiger partial charge in [-0.1, -0.05) is 25.6 Å². The summed E-state index contributed by atoms with van der Waals surface area (Å²) in [5.74, 6) is 3.23. The molecule has 0 spiro atoms. The van der Waals surface area contributed by atoms with E-state index in [-0.39, 0.29) is 24.0 Å². The van der Waals surface area contributed by atoms with Gasteiger partial charge in [-0.3, -0.25) is 9.67 Å². The Morgan fingerprint density at radius 1 is 1.26 bits per heavy atom. The van der Waals surface area contributed by atoms with Crippen molar-refractivity contribution >= 4 is 41.7 Å². The number of guanidine groups is 1. The minimum atomic E-state index is 0. The van der Waals surface area contributed by atoms with Crippen LogP contribution in [-0.2, 0) is 26.6 Å². The summed E-state index contributed by atoms with van der Waals surface area (Å²) in [6.07, 6.45) is 5.42. The van der Waals surface area contributed by atoms with E-state index >= 15 is 0 Å². The topological polar surface area (TPSA) is 97.8 Å². The van der Waals surface area contributed by atoms with E-state index in [1.165, 1.54) is 0 Å². The largest absolute Gasteiger partial charge is 0.356 e. The smallest absolute Gasteiger partial charge is 0.191 e. The van der Waals surface area contributed by atoms with E-state index in [4.69, 9.17) is 0 Å². The molecular weight excluding hydrogens is 477 g/mol. The number of aromatic nitrogens is 6. The fraction of sp³-hybridized carbons (Fsp3) is 0.688. The maximum atomic E-state index is 4.36. The van der Waals surface area contributed by atoms with Crippen molar-refractivity contribution in [3.8, 4) is 0 Å². The molecule has 0 radical (unpaired) electrons. The van der Waals surface area contributed by atoms with Crippen molar-refractivity contribution in [3.05, 3.63) is 18.0 Å². The molecule has 9 nitrogen and oxygen atoms in total. The molecule has 152 valence electrons. The second-order valence-electron chi connectivity index (χ2n) is 6.36. The predicted molar refractivity (Wildman–Crippen MR) is 120 cm³/mol. The predicted octanol–water partition coefficient (Wildman–Crippen LogP) is 1.70. The highest BCUT2D eigenvalue weighted by molar-refractivity contribution is 14.0. The first kappa shape index (κ1) is 23.7. The van der Waals surface area contributed by atoms with E-state index in [2.05, 4.69) is 54.3 Å². The average molecular weight is 507 g/mol. The van der Waals surface area contributed by atoms with Gasteiger partial charge in [0, 0.05) is 33.6 Å². The van der Waals surface area contributed by atoms with E-state index < -0.39 is 0 Å². The maximum Gasteiger partial charge on any atom is 0.191 e. The van der Waals surface area contributed by atoms with E-state index in [9.17, 15) is 0 Å². The molecule has 2 heterocycles. The highest BCUT2D eigenvalue weighted by Crippen LogP contribution is 2.16. The van der Waals surface area contributed by atoms with Crippen LogP contribution in [0.15, 0.2) is 16.5 Å². The Morgan fingerprint density at radius 3 is 2.63 bits per heavy atom. The van der Waals surface area contributed by atoms with Crippen molar-refractivity contribution in [3.63, 3.8) is 0 Å². The number of rotatable bonds is 9. The van der Waals surface area contributed by atoms with Gasteiger partial charge in [-0.25, -0.2) is 4.98 Å². The molecule has 2 aromatic rings. The summed E-state index contributed by atoms with van der Waals surface area (Å²) in [6, 6.07) is 0. The van der Waals surface area contributed by atoms with Crippen LogP contribution in [0.3, 0.4) is 0 Å². The molecule has 0 amide bonds. The summed E-state index contributed by atoms with van der Waals surface area (Å²) >= 11 is 1.64. The van der Waals surface area contributed by atoms with Crippen LogP contribution in [0.4, 0.5) is 0 Å². The minimum Gasteiger partial charge on any atom is -0.356 e. The zero-order valence-electron chi connectivity index (χ0n) is 16.6. The van der Waals surface area contributed by atoms with Gasteiger partial charge in [0.1, 0.15) is 18.0 Å². The zero-order chi connectivity index (χ0) is 18.9. The van der Waals surface area contributed by atoms with Gasteiger partial charge >= 0.3 is 0 Å². The average Bonchev–Trinajstić information content (AvgIpc) is 3.20. The highest BCUT2D eigenvalue weighted by atomic mass is 127. The number of halogens is 1. The fourth-order valence-corrected chi connectivity index (χ4v) is 3.04. The third kappa shape index (κ3) is 7.28. The molecule has 0 saturated carbocycles. The third-order valence-corrected chi connectivity index (χ3v) is 4.50. The van der Waals surface area contributed by atoms with Crippen molar-refractivity contribution in [1.82, 2.24) is 40.2 Å². The van der Waals surface area contributed by atoms with Crippen molar-refractivity contribution in [1.29, 1.82) is 0 Å². The summed E-state index contributed by atoms with van der Waals surface area (Å²) in [5.41, 5.74) is 0. The lowest BCUT2D eigenvalue weighted by molar-refractivity contribution is 0.477. The second-order valence-corrected chi connectivity index (χ2v) is 7.14. The highest BCUT2D eigenvalue weighted by Gasteiger charge is 2.12.